The first kappa shape index (κ1) is 15.7. The van der Waals surface area contributed by atoms with Crippen LogP contribution in [0.1, 0.15) is 38.5 Å². The average Bonchev–Trinajstić information content (AvgIpc) is 2.74. The van der Waals surface area contributed by atoms with Crippen molar-refractivity contribution in [2.75, 3.05) is 30.9 Å². The highest BCUT2D eigenvalue weighted by Gasteiger charge is 2.14. The Morgan fingerprint density at radius 1 is 1.10 bits per heavy atom. The minimum Gasteiger partial charge on any atom is -0.378 e. The van der Waals surface area contributed by atoms with Crippen molar-refractivity contribution in [3.8, 4) is 0 Å². The van der Waals surface area contributed by atoms with Gasteiger partial charge in [-0.2, -0.15) is 0 Å². The summed E-state index contributed by atoms with van der Waals surface area (Å²) >= 11 is 0. The maximum atomic E-state index is 12.0. The van der Waals surface area contributed by atoms with Crippen LogP contribution in [0.5, 0.6) is 0 Å². The number of nitrogens with zero attached hydrogens (tertiary/aromatic N) is 1. The summed E-state index contributed by atoms with van der Waals surface area (Å²) in [4.78, 5) is 14.0. The fourth-order valence-electron chi connectivity index (χ4n) is 2.76. The zero-order valence-corrected chi connectivity index (χ0v) is 13.2. The molecule has 0 heterocycles. The molecule has 2 rings (SSSR count). The van der Waals surface area contributed by atoms with Gasteiger partial charge in [0, 0.05) is 31.5 Å². The molecule has 4 heteroatoms. The number of rotatable bonds is 5. The van der Waals surface area contributed by atoms with E-state index in [4.69, 9.17) is 0 Å². The lowest BCUT2D eigenvalue weighted by atomic mass is 10.1. The molecule has 1 aromatic carbocycles. The van der Waals surface area contributed by atoms with Crippen LogP contribution in [0.2, 0.25) is 0 Å². The van der Waals surface area contributed by atoms with Gasteiger partial charge in [-0.25, -0.2) is 0 Å². The van der Waals surface area contributed by atoms with Crippen molar-refractivity contribution in [2.45, 2.75) is 44.6 Å². The Kier molecular flexibility index (Phi) is 5.90. The monoisotopic (exact) mass is 289 g/mol. The average molecular weight is 289 g/mol. The van der Waals surface area contributed by atoms with Crippen LogP contribution in [0.3, 0.4) is 0 Å². The summed E-state index contributed by atoms with van der Waals surface area (Å²) in [5.74, 6) is 0.0959. The van der Waals surface area contributed by atoms with Gasteiger partial charge in [-0.1, -0.05) is 25.7 Å². The van der Waals surface area contributed by atoms with Gasteiger partial charge < -0.3 is 15.5 Å². The number of amides is 1. The van der Waals surface area contributed by atoms with Crippen molar-refractivity contribution >= 4 is 17.3 Å². The molecule has 0 atom stereocenters. The van der Waals surface area contributed by atoms with E-state index in [0.717, 1.165) is 24.2 Å². The predicted octanol–water partition coefficient (Wildman–Crippen LogP) is 3.00. The van der Waals surface area contributed by atoms with E-state index in [9.17, 15) is 4.79 Å². The van der Waals surface area contributed by atoms with E-state index < -0.39 is 0 Å². The van der Waals surface area contributed by atoms with Crippen LogP contribution in [0.15, 0.2) is 24.3 Å². The minimum absolute atomic E-state index is 0.0959. The summed E-state index contributed by atoms with van der Waals surface area (Å²) in [7, 11) is 4.03. The largest absolute Gasteiger partial charge is 0.378 e. The van der Waals surface area contributed by atoms with Gasteiger partial charge in [0.2, 0.25) is 5.91 Å². The SMILES string of the molecule is CN(C)c1ccc(NCC(=O)NC2CCCCCC2)cc1. The van der Waals surface area contributed by atoms with Crippen molar-refractivity contribution in [3.05, 3.63) is 24.3 Å². The van der Waals surface area contributed by atoms with E-state index in [1.807, 2.05) is 38.4 Å². The predicted molar refractivity (Wildman–Crippen MR) is 88.9 cm³/mol. The van der Waals surface area contributed by atoms with Crippen molar-refractivity contribution in [1.29, 1.82) is 0 Å². The summed E-state index contributed by atoms with van der Waals surface area (Å²) in [6.07, 6.45) is 7.35. The Balaban J connectivity index is 1.75. The number of nitrogens with one attached hydrogen (secondary N) is 2. The molecule has 1 aliphatic rings. The molecule has 1 saturated carbocycles. The van der Waals surface area contributed by atoms with E-state index in [-0.39, 0.29) is 5.91 Å². The van der Waals surface area contributed by atoms with Crippen molar-refractivity contribution in [2.24, 2.45) is 0 Å². The molecule has 0 spiro atoms. The summed E-state index contributed by atoms with van der Waals surface area (Å²) in [6, 6.07) is 8.48. The summed E-state index contributed by atoms with van der Waals surface area (Å²) in [6.45, 7) is 0.345. The van der Waals surface area contributed by atoms with Gasteiger partial charge in [0.15, 0.2) is 0 Å². The van der Waals surface area contributed by atoms with Gasteiger partial charge in [-0.3, -0.25) is 4.79 Å². The van der Waals surface area contributed by atoms with Crippen LogP contribution in [-0.4, -0.2) is 32.6 Å². The topological polar surface area (TPSA) is 44.4 Å². The Labute approximate surface area is 127 Å². The molecular formula is C17H27N3O. The standard InChI is InChI=1S/C17H27N3O/c1-20(2)16-11-9-14(10-12-16)18-13-17(21)19-15-7-5-3-4-6-8-15/h9-12,15,18H,3-8,13H2,1-2H3,(H,19,21). The van der Waals surface area contributed by atoms with Gasteiger partial charge in [-0.05, 0) is 37.1 Å². The van der Waals surface area contributed by atoms with Crippen LogP contribution in [0, 0.1) is 0 Å². The summed E-state index contributed by atoms with van der Waals surface area (Å²) in [5, 5.41) is 6.33. The first-order valence-electron chi connectivity index (χ1n) is 7.96. The van der Waals surface area contributed by atoms with E-state index in [2.05, 4.69) is 15.5 Å². The molecule has 1 aliphatic carbocycles. The number of carbonyl (C=O) groups is 1. The van der Waals surface area contributed by atoms with E-state index >= 15 is 0 Å². The molecular weight excluding hydrogens is 262 g/mol. The highest BCUT2D eigenvalue weighted by molar-refractivity contribution is 5.81. The van der Waals surface area contributed by atoms with Crippen molar-refractivity contribution in [1.82, 2.24) is 5.32 Å². The van der Waals surface area contributed by atoms with E-state index in [1.54, 1.807) is 0 Å². The first-order chi connectivity index (χ1) is 10.1. The molecule has 0 unspecified atom stereocenters. The summed E-state index contributed by atoms with van der Waals surface area (Å²) in [5.41, 5.74) is 2.14. The second kappa shape index (κ2) is 7.91. The van der Waals surface area contributed by atoms with Gasteiger partial charge in [0.05, 0.1) is 6.54 Å². The van der Waals surface area contributed by atoms with Crippen LogP contribution in [0.4, 0.5) is 11.4 Å². The third-order valence-electron chi connectivity index (χ3n) is 4.06. The second-order valence-corrected chi connectivity index (χ2v) is 6.05. The molecule has 2 N–H and O–H groups in total. The molecule has 0 aromatic heterocycles. The molecule has 0 saturated heterocycles. The Morgan fingerprint density at radius 3 is 2.29 bits per heavy atom. The van der Waals surface area contributed by atoms with Crippen molar-refractivity contribution in [3.63, 3.8) is 0 Å². The first-order valence-corrected chi connectivity index (χ1v) is 7.96. The molecule has 0 aliphatic heterocycles. The molecule has 0 bridgehead atoms. The molecule has 116 valence electrons. The fraction of sp³-hybridized carbons (Fsp3) is 0.588. The summed E-state index contributed by atoms with van der Waals surface area (Å²) < 4.78 is 0. The van der Waals surface area contributed by atoms with Gasteiger partial charge >= 0.3 is 0 Å². The maximum absolute atomic E-state index is 12.0. The van der Waals surface area contributed by atoms with Crippen molar-refractivity contribution < 1.29 is 4.79 Å². The number of hydrogen-bond donors (Lipinski definition) is 2. The normalized spacial score (nSPS) is 16.1. The van der Waals surface area contributed by atoms with Crippen LogP contribution < -0.4 is 15.5 Å². The number of carbonyl (C=O) groups excluding carboxylic acids is 1. The Bertz CT molecular complexity index is 434. The number of anilines is 2. The third-order valence-corrected chi connectivity index (χ3v) is 4.06. The molecule has 21 heavy (non-hydrogen) atoms. The highest BCUT2D eigenvalue weighted by Crippen LogP contribution is 2.17. The van der Waals surface area contributed by atoms with Crippen LogP contribution in [-0.2, 0) is 4.79 Å². The quantitative estimate of drug-likeness (QED) is 0.819. The lowest BCUT2D eigenvalue weighted by molar-refractivity contribution is -0.120. The van der Waals surface area contributed by atoms with Gasteiger partial charge in [0.1, 0.15) is 0 Å². The Morgan fingerprint density at radius 2 is 1.71 bits per heavy atom. The van der Waals surface area contributed by atoms with Crippen LogP contribution >= 0.6 is 0 Å². The Hall–Kier alpha value is -1.71. The lowest BCUT2D eigenvalue weighted by Gasteiger charge is -2.17. The zero-order chi connectivity index (χ0) is 15.1. The molecule has 0 radical (unpaired) electrons. The third kappa shape index (κ3) is 5.29. The smallest absolute Gasteiger partial charge is 0.239 e. The van der Waals surface area contributed by atoms with E-state index in [1.165, 1.54) is 25.7 Å². The second-order valence-electron chi connectivity index (χ2n) is 6.05. The van der Waals surface area contributed by atoms with Crippen LogP contribution in [0.25, 0.3) is 0 Å². The molecule has 1 amide bonds. The minimum atomic E-state index is 0.0959. The highest BCUT2D eigenvalue weighted by atomic mass is 16.1. The number of benzene rings is 1. The number of hydrogen-bond acceptors (Lipinski definition) is 3. The maximum Gasteiger partial charge on any atom is 0.239 e. The molecule has 1 aromatic rings. The molecule has 4 nitrogen and oxygen atoms in total. The zero-order valence-electron chi connectivity index (χ0n) is 13.2. The van der Waals surface area contributed by atoms with Gasteiger partial charge in [-0.15, -0.1) is 0 Å². The van der Waals surface area contributed by atoms with E-state index in [0.29, 0.717) is 12.6 Å². The lowest BCUT2D eigenvalue weighted by Crippen LogP contribution is -2.38. The van der Waals surface area contributed by atoms with Gasteiger partial charge in [0.25, 0.3) is 0 Å². The molecule has 1 fully saturated rings. The fourth-order valence-corrected chi connectivity index (χ4v) is 2.76.